The third-order valence-corrected chi connectivity index (χ3v) is 3.01. The molecule has 0 aromatic heterocycles. The number of carbonyl (C=O) groups is 1. The Kier molecular flexibility index (Phi) is 7.83. The number of hydrogen-bond donors (Lipinski definition) is 1. The Bertz CT molecular complexity index is 444. The van der Waals surface area contributed by atoms with Crippen molar-refractivity contribution in [3.8, 4) is 5.75 Å². The molecule has 1 aromatic carbocycles. The number of hydrogen-bond acceptors (Lipinski definition) is 3. The van der Waals surface area contributed by atoms with Crippen LogP contribution in [0.5, 0.6) is 5.75 Å². The lowest BCUT2D eigenvalue weighted by Gasteiger charge is -2.14. The predicted molar refractivity (Wildman–Crippen MR) is 84.8 cm³/mol. The van der Waals surface area contributed by atoms with Crippen LogP contribution in [-0.2, 0) is 11.3 Å². The van der Waals surface area contributed by atoms with Crippen molar-refractivity contribution in [1.29, 1.82) is 0 Å². The van der Waals surface area contributed by atoms with Gasteiger partial charge in [0.2, 0.25) is 0 Å². The van der Waals surface area contributed by atoms with Crippen LogP contribution in [0.25, 0.3) is 0 Å². The molecule has 0 aliphatic rings. The highest BCUT2D eigenvalue weighted by atomic mass is 16.5. The Hall–Kier alpha value is -1.55. The summed E-state index contributed by atoms with van der Waals surface area (Å²) in [5, 5.41) is 2.92. The Morgan fingerprint density at radius 3 is 2.67 bits per heavy atom. The van der Waals surface area contributed by atoms with Crippen molar-refractivity contribution in [2.24, 2.45) is 0 Å². The molecule has 0 fully saturated rings. The minimum absolute atomic E-state index is 0.0442. The molecule has 0 aliphatic carbocycles. The number of benzene rings is 1. The van der Waals surface area contributed by atoms with E-state index in [0.29, 0.717) is 25.3 Å². The smallest absolute Gasteiger partial charge is 0.251 e. The summed E-state index contributed by atoms with van der Waals surface area (Å²) in [6, 6.07) is 5.50. The van der Waals surface area contributed by atoms with Crippen molar-refractivity contribution in [3.63, 3.8) is 0 Å². The van der Waals surface area contributed by atoms with Crippen LogP contribution in [0.1, 0.15) is 56.5 Å². The molecular formula is C17H27NO3. The highest BCUT2D eigenvalue weighted by molar-refractivity contribution is 5.94. The zero-order chi connectivity index (χ0) is 15.7. The average molecular weight is 293 g/mol. The number of nitrogens with one attached hydrogen (secondary N) is 1. The molecule has 4 heteroatoms. The van der Waals surface area contributed by atoms with Gasteiger partial charge in [0.15, 0.2) is 0 Å². The van der Waals surface area contributed by atoms with E-state index in [1.807, 2.05) is 32.9 Å². The second-order valence-corrected chi connectivity index (χ2v) is 5.22. The van der Waals surface area contributed by atoms with Gasteiger partial charge in [-0.15, -0.1) is 0 Å². The van der Waals surface area contributed by atoms with Gasteiger partial charge in [-0.25, -0.2) is 0 Å². The first kappa shape index (κ1) is 17.5. The molecule has 0 aliphatic heterocycles. The molecule has 0 spiro atoms. The van der Waals surface area contributed by atoms with Gasteiger partial charge in [-0.1, -0.05) is 13.3 Å². The third-order valence-electron chi connectivity index (χ3n) is 3.01. The summed E-state index contributed by atoms with van der Waals surface area (Å²) in [5.41, 5.74) is 1.56. The zero-order valence-electron chi connectivity index (χ0n) is 13.6. The van der Waals surface area contributed by atoms with Crippen LogP contribution in [0, 0.1) is 0 Å². The van der Waals surface area contributed by atoms with Gasteiger partial charge in [0.1, 0.15) is 5.75 Å². The van der Waals surface area contributed by atoms with E-state index in [9.17, 15) is 4.79 Å². The van der Waals surface area contributed by atoms with Crippen LogP contribution in [0.15, 0.2) is 18.2 Å². The monoisotopic (exact) mass is 293 g/mol. The summed E-state index contributed by atoms with van der Waals surface area (Å²) in [6.07, 6.45) is 2.20. The van der Waals surface area contributed by atoms with Gasteiger partial charge in [0.05, 0.1) is 19.3 Å². The highest BCUT2D eigenvalue weighted by Gasteiger charge is 2.11. The first-order valence-electron chi connectivity index (χ1n) is 7.74. The lowest BCUT2D eigenvalue weighted by molar-refractivity contribution is 0.0641. The fraction of sp³-hybridized carbons (Fsp3) is 0.588. The van der Waals surface area contributed by atoms with Crippen molar-refractivity contribution >= 4 is 5.91 Å². The molecular weight excluding hydrogens is 266 g/mol. The molecule has 0 heterocycles. The van der Waals surface area contributed by atoms with Crippen LogP contribution in [0.2, 0.25) is 0 Å². The number of carbonyl (C=O) groups excluding carboxylic acids is 1. The zero-order valence-corrected chi connectivity index (χ0v) is 13.6. The minimum atomic E-state index is -0.0442. The summed E-state index contributed by atoms with van der Waals surface area (Å²) >= 11 is 0. The minimum Gasteiger partial charge on any atom is -0.494 e. The van der Waals surface area contributed by atoms with E-state index in [2.05, 4.69) is 12.2 Å². The molecule has 1 rings (SSSR count). The number of amides is 1. The average Bonchev–Trinajstić information content (AvgIpc) is 2.46. The fourth-order valence-corrected chi connectivity index (χ4v) is 1.87. The van der Waals surface area contributed by atoms with E-state index in [-0.39, 0.29) is 12.0 Å². The molecule has 0 saturated heterocycles. The van der Waals surface area contributed by atoms with Gasteiger partial charge in [0.25, 0.3) is 5.91 Å². The molecule has 1 aromatic rings. The summed E-state index contributed by atoms with van der Waals surface area (Å²) in [5.74, 6) is 0.737. The van der Waals surface area contributed by atoms with Crippen LogP contribution in [0.3, 0.4) is 0 Å². The van der Waals surface area contributed by atoms with Crippen LogP contribution in [-0.4, -0.2) is 25.2 Å². The highest BCUT2D eigenvalue weighted by Crippen LogP contribution is 2.22. The van der Waals surface area contributed by atoms with E-state index in [0.717, 1.165) is 24.2 Å². The van der Waals surface area contributed by atoms with E-state index < -0.39 is 0 Å². The van der Waals surface area contributed by atoms with Crippen LogP contribution < -0.4 is 10.1 Å². The maximum Gasteiger partial charge on any atom is 0.251 e. The second kappa shape index (κ2) is 9.40. The Morgan fingerprint density at radius 1 is 1.29 bits per heavy atom. The Balaban J connectivity index is 2.81. The Labute approximate surface area is 127 Å². The van der Waals surface area contributed by atoms with Crippen molar-refractivity contribution in [2.75, 3.05) is 13.2 Å². The van der Waals surface area contributed by atoms with Crippen molar-refractivity contribution in [1.82, 2.24) is 5.32 Å². The molecule has 0 bridgehead atoms. The topological polar surface area (TPSA) is 47.6 Å². The maximum absolute atomic E-state index is 12.1. The van der Waals surface area contributed by atoms with Gasteiger partial charge in [-0.3, -0.25) is 4.79 Å². The number of ether oxygens (including phenoxy) is 2. The molecule has 1 amide bonds. The van der Waals surface area contributed by atoms with Crippen LogP contribution >= 0.6 is 0 Å². The van der Waals surface area contributed by atoms with E-state index >= 15 is 0 Å². The summed E-state index contributed by atoms with van der Waals surface area (Å²) < 4.78 is 11.2. The van der Waals surface area contributed by atoms with Gasteiger partial charge in [-0.05, 0) is 45.4 Å². The van der Waals surface area contributed by atoms with E-state index in [1.54, 1.807) is 6.07 Å². The second-order valence-electron chi connectivity index (χ2n) is 5.22. The molecule has 0 radical (unpaired) electrons. The van der Waals surface area contributed by atoms with Gasteiger partial charge in [-0.2, -0.15) is 0 Å². The summed E-state index contributed by atoms with van der Waals surface area (Å²) in [4.78, 5) is 12.1. The Morgan fingerprint density at radius 2 is 2.05 bits per heavy atom. The summed E-state index contributed by atoms with van der Waals surface area (Å²) in [6.45, 7) is 9.77. The van der Waals surface area contributed by atoms with Crippen molar-refractivity contribution in [2.45, 2.75) is 53.2 Å². The van der Waals surface area contributed by atoms with E-state index in [4.69, 9.17) is 9.47 Å². The standard InChI is InChI=1S/C17H27NO3/c1-5-7-10-18-17(19)14-8-9-16(20-6-2)15(11-14)12-21-13(3)4/h8-9,11,13H,5-7,10,12H2,1-4H3,(H,18,19). The molecule has 1 N–H and O–H groups in total. The predicted octanol–water partition coefficient (Wildman–Crippen LogP) is 3.54. The molecule has 21 heavy (non-hydrogen) atoms. The largest absolute Gasteiger partial charge is 0.494 e. The molecule has 0 saturated carbocycles. The van der Waals surface area contributed by atoms with Crippen LogP contribution in [0.4, 0.5) is 0 Å². The molecule has 118 valence electrons. The van der Waals surface area contributed by atoms with Gasteiger partial charge in [0, 0.05) is 17.7 Å². The van der Waals surface area contributed by atoms with Crippen molar-refractivity contribution in [3.05, 3.63) is 29.3 Å². The third kappa shape index (κ3) is 6.17. The molecule has 0 unspecified atom stereocenters. The lowest BCUT2D eigenvalue weighted by atomic mass is 10.1. The number of unbranched alkanes of at least 4 members (excludes halogenated alkanes) is 1. The van der Waals surface area contributed by atoms with Gasteiger partial charge >= 0.3 is 0 Å². The molecule has 0 atom stereocenters. The van der Waals surface area contributed by atoms with Gasteiger partial charge < -0.3 is 14.8 Å². The SMILES string of the molecule is CCCCNC(=O)c1ccc(OCC)c(COC(C)C)c1. The normalized spacial score (nSPS) is 10.7. The first-order chi connectivity index (χ1) is 10.1. The fourth-order valence-electron chi connectivity index (χ4n) is 1.87. The molecule has 4 nitrogen and oxygen atoms in total. The quantitative estimate of drug-likeness (QED) is 0.708. The first-order valence-corrected chi connectivity index (χ1v) is 7.74. The number of rotatable bonds is 9. The van der Waals surface area contributed by atoms with E-state index in [1.165, 1.54) is 0 Å². The summed E-state index contributed by atoms with van der Waals surface area (Å²) in [7, 11) is 0. The van der Waals surface area contributed by atoms with Crippen molar-refractivity contribution < 1.29 is 14.3 Å². The lowest BCUT2D eigenvalue weighted by Crippen LogP contribution is -2.24. The maximum atomic E-state index is 12.1.